The molecule has 0 aliphatic carbocycles. The fourth-order valence-electron chi connectivity index (χ4n) is 4.47. The van der Waals surface area contributed by atoms with E-state index in [-0.39, 0.29) is 13.1 Å². The van der Waals surface area contributed by atoms with Gasteiger partial charge in [0.1, 0.15) is 23.9 Å². The van der Waals surface area contributed by atoms with Gasteiger partial charge in [-0.05, 0) is 65.7 Å². The molecule has 1 N–H and O–H groups in total. The highest BCUT2D eigenvalue weighted by atomic mass is 19.1. The highest BCUT2D eigenvalue weighted by Crippen LogP contribution is 2.27. The maximum Gasteiger partial charge on any atom is 0.251 e. The number of halogens is 1. The Morgan fingerprint density at radius 3 is 2.50 bits per heavy atom. The quantitative estimate of drug-likeness (QED) is 0.299. The molecule has 3 aromatic carbocycles. The molecule has 10 heteroatoms. The van der Waals surface area contributed by atoms with Gasteiger partial charge in [-0.25, -0.2) is 9.07 Å². The van der Waals surface area contributed by atoms with Gasteiger partial charge in [-0.2, -0.15) is 0 Å². The van der Waals surface area contributed by atoms with Gasteiger partial charge in [0.15, 0.2) is 0 Å². The lowest BCUT2D eigenvalue weighted by Crippen LogP contribution is -2.42. The first-order valence-electron chi connectivity index (χ1n) is 12.7. The van der Waals surface area contributed by atoms with Crippen molar-refractivity contribution in [2.45, 2.75) is 19.1 Å². The van der Waals surface area contributed by atoms with Gasteiger partial charge in [0, 0.05) is 44.4 Å². The Morgan fingerprint density at radius 1 is 0.975 bits per heavy atom. The van der Waals surface area contributed by atoms with E-state index in [4.69, 9.17) is 0 Å². The fourth-order valence-corrected chi connectivity index (χ4v) is 4.47. The summed E-state index contributed by atoms with van der Waals surface area (Å²) in [5, 5.41) is 11.2. The lowest BCUT2D eigenvalue weighted by atomic mass is 10.0. The Balaban J connectivity index is 1.53. The number of nitrogens with zero attached hydrogens (tertiary/aromatic N) is 6. The van der Waals surface area contributed by atoms with Gasteiger partial charge in [-0.15, -0.1) is 5.10 Å². The summed E-state index contributed by atoms with van der Waals surface area (Å²) in [5.74, 6) is -1.39. The summed E-state index contributed by atoms with van der Waals surface area (Å²) in [6, 6.07) is 22.8. The Bertz CT molecular complexity index is 1620. The van der Waals surface area contributed by atoms with E-state index in [2.05, 4.69) is 20.6 Å². The van der Waals surface area contributed by atoms with Gasteiger partial charge in [0.25, 0.3) is 5.91 Å². The number of rotatable bonds is 9. The van der Waals surface area contributed by atoms with Crippen LogP contribution in [0.5, 0.6) is 0 Å². The van der Waals surface area contributed by atoms with Crippen LogP contribution in [0.2, 0.25) is 0 Å². The first kappa shape index (κ1) is 26.5. The molecular formula is C30H28FN7O2. The molecule has 2 amide bonds. The van der Waals surface area contributed by atoms with Crippen LogP contribution in [-0.2, 0) is 22.7 Å². The van der Waals surface area contributed by atoms with Crippen LogP contribution < -0.4 is 10.2 Å². The van der Waals surface area contributed by atoms with E-state index in [1.54, 1.807) is 42.7 Å². The standard InChI is InChI=1S/C30H28FN7O2/c1-36(2)25-14-12-24(13-15-25)33-30(40)29(22-8-5-9-23(31)17-22)37(19-21-7-6-16-32-18-21)28(39)20-38-27-11-4-3-10-26(27)34-35-38/h3-18,29H,19-20H2,1-2H3,(H,33,40). The van der Waals surface area contributed by atoms with Crippen molar-refractivity contribution in [2.75, 3.05) is 24.3 Å². The summed E-state index contributed by atoms with van der Waals surface area (Å²) in [7, 11) is 3.85. The average molecular weight is 538 g/mol. The number of fused-ring (bicyclic) bond motifs is 1. The zero-order chi connectivity index (χ0) is 28.1. The topological polar surface area (TPSA) is 96.2 Å². The molecule has 5 aromatic rings. The van der Waals surface area contributed by atoms with Crippen molar-refractivity contribution < 1.29 is 14.0 Å². The molecule has 5 rings (SSSR count). The van der Waals surface area contributed by atoms with Gasteiger partial charge in [0.2, 0.25) is 5.91 Å². The van der Waals surface area contributed by atoms with Crippen molar-refractivity contribution in [1.29, 1.82) is 0 Å². The molecule has 1 unspecified atom stereocenters. The largest absolute Gasteiger partial charge is 0.378 e. The third-order valence-corrected chi connectivity index (χ3v) is 6.48. The lowest BCUT2D eigenvalue weighted by Gasteiger charge is -2.31. The molecule has 0 fully saturated rings. The Kier molecular flexibility index (Phi) is 7.77. The predicted octanol–water partition coefficient (Wildman–Crippen LogP) is 4.44. The van der Waals surface area contributed by atoms with Crippen LogP contribution in [0.3, 0.4) is 0 Å². The summed E-state index contributed by atoms with van der Waals surface area (Å²) in [6.45, 7) is -0.106. The number of carbonyl (C=O) groups excluding carboxylic acids is 2. The third-order valence-electron chi connectivity index (χ3n) is 6.48. The van der Waals surface area contributed by atoms with Crippen molar-refractivity contribution in [2.24, 2.45) is 0 Å². The van der Waals surface area contributed by atoms with Crippen LogP contribution in [0, 0.1) is 5.82 Å². The summed E-state index contributed by atoms with van der Waals surface area (Å²) in [4.78, 5) is 35.4. The SMILES string of the molecule is CN(C)c1ccc(NC(=O)C(c2cccc(F)c2)N(Cc2cccnc2)C(=O)Cn2nnc3ccccc32)cc1. The molecule has 0 saturated carbocycles. The molecule has 40 heavy (non-hydrogen) atoms. The van der Waals surface area contributed by atoms with Crippen molar-refractivity contribution in [3.63, 3.8) is 0 Å². The molecule has 0 bridgehead atoms. The van der Waals surface area contributed by atoms with Crippen molar-refractivity contribution in [3.05, 3.63) is 114 Å². The maximum atomic E-state index is 14.4. The number of hydrogen-bond donors (Lipinski definition) is 1. The molecule has 0 aliphatic rings. The van der Waals surface area contributed by atoms with E-state index < -0.39 is 23.7 Å². The Morgan fingerprint density at radius 2 is 1.77 bits per heavy atom. The van der Waals surface area contributed by atoms with Crippen LogP contribution in [0.15, 0.2) is 97.3 Å². The normalized spacial score (nSPS) is 11.7. The van der Waals surface area contributed by atoms with Crippen molar-refractivity contribution in [3.8, 4) is 0 Å². The first-order chi connectivity index (χ1) is 19.4. The third kappa shape index (κ3) is 5.96. The van der Waals surface area contributed by atoms with Crippen LogP contribution >= 0.6 is 0 Å². The van der Waals surface area contributed by atoms with Gasteiger partial charge in [-0.3, -0.25) is 14.6 Å². The zero-order valence-corrected chi connectivity index (χ0v) is 22.1. The van der Waals surface area contributed by atoms with Gasteiger partial charge >= 0.3 is 0 Å². The number of amides is 2. The lowest BCUT2D eigenvalue weighted by molar-refractivity contribution is -0.140. The minimum Gasteiger partial charge on any atom is -0.378 e. The second-order valence-electron chi connectivity index (χ2n) is 9.51. The number of para-hydroxylation sites is 1. The number of pyridine rings is 1. The summed E-state index contributed by atoms with van der Waals surface area (Å²) in [5.41, 5.74) is 3.90. The average Bonchev–Trinajstić information content (AvgIpc) is 3.36. The molecule has 2 heterocycles. The van der Waals surface area contributed by atoms with Crippen LogP contribution in [0.1, 0.15) is 17.2 Å². The van der Waals surface area contributed by atoms with E-state index in [1.165, 1.54) is 27.8 Å². The van der Waals surface area contributed by atoms with E-state index in [9.17, 15) is 14.0 Å². The monoisotopic (exact) mass is 537 g/mol. The first-order valence-corrected chi connectivity index (χ1v) is 12.7. The summed E-state index contributed by atoms with van der Waals surface area (Å²) < 4.78 is 15.9. The molecule has 202 valence electrons. The number of anilines is 2. The van der Waals surface area contributed by atoms with Crippen molar-refractivity contribution in [1.82, 2.24) is 24.9 Å². The fraction of sp³-hybridized carbons (Fsp3) is 0.167. The number of hydrogen-bond acceptors (Lipinski definition) is 6. The highest BCUT2D eigenvalue weighted by Gasteiger charge is 2.32. The predicted molar refractivity (Wildman–Crippen MR) is 151 cm³/mol. The van der Waals surface area contributed by atoms with Crippen LogP contribution in [-0.4, -0.2) is 50.8 Å². The Hall–Kier alpha value is -5.12. The minimum absolute atomic E-state index is 0.0630. The van der Waals surface area contributed by atoms with E-state index in [0.29, 0.717) is 27.8 Å². The molecule has 0 spiro atoms. The summed E-state index contributed by atoms with van der Waals surface area (Å²) >= 11 is 0. The molecule has 2 aromatic heterocycles. The van der Waals surface area contributed by atoms with E-state index >= 15 is 0 Å². The second-order valence-corrected chi connectivity index (χ2v) is 9.51. The van der Waals surface area contributed by atoms with Gasteiger partial charge < -0.3 is 15.1 Å². The molecular weight excluding hydrogens is 509 g/mol. The number of nitrogens with one attached hydrogen (secondary N) is 1. The number of benzene rings is 3. The van der Waals surface area contributed by atoms with Crippen LogP contribution in [0.4, 0.5) is 15.8 Å². The molecule has 1 atom stereocenters. The molecule has 0 saturated heterocycles. The molecule has 0 aliphatic heterocycles. The molecule has 9 nitrogen and oxygen atoms in total. The number of carbonyl (C=O) groups is 2. The molecule has 0 radical (unpaired) electrons. The zero-order valence-electron chi connectivity index (χ0n) is 22.1. The second kappa shape index (κ2) is 11.7. The van der Waals surface area contributed by atoms with Gasteiger partial charge in [-0.1, -0.05) is 35.5 Å². The maximum absolute atomic E-state index is 14.4. The van der Waals surface area contributed by atoms with E-state index in [1.807, 2.05) is 55.4 Å². The smallest absolute Gasteiger partial charge is 0.251 e. The Labute approximate surface area is 230 Å². The highest BCUT2D eigenvalue weighted by molar-refractivity contribution is 5.98. The van der Waals surface area contributed by atoms with Crippen LogP contribution in [0.25, 0.3) is 11.0 Å². The summed E-state index contributed by atoms with van der Waals surface area (Å²) in [6.07, 6.45) is 3.26. The van der Waals surface area contributed by atoms with Crippen molar-refractivity contribution >= 4 is 34.2 Å². The number of aromatic nitrogens is 4. The van der Waals surface area contributed by atoms with Gasteiger partial charge in [0.05, 0.1) is 5.52 Å². The minimum atomic E-state index is -1.15. The van der Waals surface area contributed by atoms with E-state index in [0.717, 1.165) is 5.69 Å².